The maximum Gasteiger partial charge on any atom is 0.277 e. The van der Waals surface area contributed by atoms with Gasteiger partial charge in [0.05, 0.1) is 24.6 Å². The van der Waals surface area contributed by atoms with Crippen LogP contribution in [-0.2, 0) is 19.6 Å². The molecule has 0 saturated carbocycles. The number of aliphatic hydroxyl groups excluding tert-OH is 1. The summed E-state index contributed by atoms with van der Waals surface area (Å²) in [6, 6.07) is 6.60. The minimum atomic E-state index is -3.23. The largest absolute Gasteiger partial charge is 0.395 e. The van der Waals surface area contributed by atoms with Gasteiger partial charge in [0.25, 0.3) is 11.8 Å². The predicted octanol–water partition coefficient (Wildman–Crippen LogP) is -0.117. The summed E-state index contributed by atoms with van der Waals surface area (Å²) in [5.74, 6) is -0.825. The van der Waals surface area contributed by atoms with E-state index in [0.717, 1.165) is 4.90 Å². The second-order valence-corrected chi connectivity index (χ2v) is 7.50. The van der Waals surface area contributed by atoms with E-state index in [4.69, 9.17) is 5.11 Å². The van der Waals surface area contributed by atoms with Crippen molar-refractivity contribution in [2.24, 2.45) is 0 Å². The Kier molecular flexibility index (Phi) is 4.29. The lowest BCUT2D eigenvalue weighted by atomic mass is 10.2. The van der Waals surface area contributed by atoms with Gasteiger partial charge in [-0.05, 0) is 30.7 Å². The molecule has 2 heterocycles. The second kappa shape index (κ2) is 6.25. The third kappa shape index (κ3) is 3.00. The van der Waals surface area contributed by atoms with E-state index >= 15 is 0 Å². The number of β-amino-alcohol motifs (C(OH)–C–C–N with tert-alkyl or cyclic N) is 1. The minimum Gasteiger partial charge on any atom is -0.395 e. The van der Waals surface area contributed by atoms with Crippen molar-refractivity contribution in [2.45, 2.75) is 6.42 Å². The van der Waals surface area contributed by atoms with Crippen LogP contribution in [0.2, 0.25) is 0 Å². The van der Waals surface area contributed by atoms with Gasteiger partial charge in [0.15, 0.2) is 0 Å². The highest BCUT2D eigenvalue weighted by Crippen LogP contribution is 2.26. The van der Waals surface area contributed by atoms with Crippen molar-refractivity contribution in [1.29, 1.82) is 0 Å². The van der Waals surface area contributed by atoms with Crippen LogP contribution >= 0.6 is 0 Å². The fourth-order valence-corrected chi connectivity index (χ4v) is 4.27. The summed E-state index contributed by atoms with van der Waals surface area (Å²) < 4.78 is 25.2. The van der Waals surface area contributed by atoms with Gasteiger partial charge in [0, 0.05) is 18.3 Å². The molecule has 1 fully saturated rings. The number of carbonyl (C=O) groups excluding carboxylic acids is 2. The van der Waals surface area contributed by atoms with Crippen molar-refractivity contribution < 1.29 is 23.1 Å². The number of hydrogen-bond acceptors (Lipinski definition) is 6. The van der Waals surface area contributed by atoms with Crippen LogP contribution < -0.4 is 9.62 Å². The van der Waals surface area contributed by atoms with E-state index in [2.05, 4.69) is 5.32 Å². The summed E-state index contributed by atoms with van der Waals surface area (Å²) in [5.41, 5.74) is 1.26. The molecule has 2 N–H and O–H groups in total. The molecule has 1 aromatic carbocycles. The molecule has 2 amide bonds. The van der Waals surface area contributed by atoms with Crippen LogP contribution in [0.5, 0.6) is 0 Å². The molecule has 8 nitrogen and oxygen atoms in total. The molecule has 0 spiro atoms. The number of nitrogens with zero attached hydrogens (tertiary/aromatic N) is 2. The Labute approximate surface area is 139 Å². The first-order chi connectivity index (χ1) is 11.4. The standard InChI is InChI=1S/C15H17N3O5S/c19-8-7-17-14(20)10-13(15(17)21)16-11-2-4-12(5-3-11)18-6-1-9-24(18,22)23/h2-5,10,16,19H,1,6-9H2. The lowest BCUT2D eigenvalue weighted by Gasteiger charge is -2.17. The molecule has 1 saturated heterocycles. The van der Waals surface area contributed by atoms with E-state index in [1.807, 2.05) is 0 Å². The molecule has 9 heteroatoms. The molecule has 128 valence electrons. The molecule has 0 aliphatic carbocycles. The van der Waals surface area contributed by atoms with Crippen LogP contribution in [0.3, 0.4) is 0 Å². The molecule has 0 atom stereocenters. The summed E-state index contributed by atoms with van der Waals surface area (Å²) in [6.07, 6.45) is 1.78. The number of imide groups is 1. The molecule has 2 aliphatic heterocycles. The molecule has 24 heavy (non-hydrogen) atoms. The van der Waals surface area contributed by atoms with Gasteiger partial charge in [0.2, 0.25) is 10.0 Å². The number of benzene rings is 1. The first kappa shape index (κ1) is 16.5. The highest BCUT2D eigenvalue weighted by Gasteiger charge is 2.31. The number of nitrogens with one attached hydrogen (secondary N) is 1. The van der Waals surface area contributed by atoms with Crippen molar-refractivity contribution in [3.05, 3.63) is 36.0 Å². The van der Waals surface area contributed by atoms with Crippen molar-refractivity contribution >= 4 is 33.2 Å². The van der Waals surface area contributed by atoms with Gasteiger partial charge in [-0.2, -0.15) is 0 Å². The van der Waals surface area contributed by atoms with Crippen molar-refractivity contribution in [1.82, 2.24) is 4.90 Å². The zero-order valence-corrected chi connectivity index (χ0v) is 13.6. The Balaban J connectivity index is 1.72. The molecular formula is C15H17N3O5S. The normalized spacial score (nSPS) is 19.8. The van der Waals surface area contributed by atoms with Gasteiger partial charge in [-0.25, -0.2) is 8.42 Å². The van der Waals surface area contributed by atoms with Crippen LogP contribution in [-0.4, -0.2) is 55.7 Å². The number of anilines is 2. The lowest BCUT2D eigenvalue weighted by Crippen LogP contribution is -2.34. The highest BCUT2D eigenvalue weighted by molar-refractivity contribution is 7.93. The number of rotatable bonds is 5. The summed E-state index contributed by atoms with van der Waals surface area (Å²) >= 11 is 0. The Hall–Kier alpha value is -2.39. The Morgan fingerprint density at radius 1 is 1.17 bits per heavy atom. The quantitative estimate of drug-likeness (QED) is 0.717. The first-order valence-corrected chi connectivity index (χ1v) is 9.09. The van der Waals surface area contributed by atoms with Gasteiger partial charge in [0.1, 0.15) is 5.70 Å². The predicted molar refractivity (Wildman–Crippen MR) is 87.7 cm³/mol. The topological polar surface area (TPSA) is 107 Å². The van der Waals surface area contributed by atoms with Gasteiger partial charge in [-0.15, -0.1) is 0 Å². The lowest BCUT2D eigenvalue weighted by molar-refractivity contribution is -0.137. The van der Waals surface area contributed by atoms with Gasteiger partial charge in [-0.3, -0.25) is 18.8 Å². The molecule has 0 bridgehead atoms. The van der Waals surface area contributed by atoms with Crippen LogP contribution in [0.4, 0.5) is 11.4 Å². The smallest absolute Gasteiger partial charge is 0.277 e. The molecule has 2 aliphatic rings. The molecule has 1 aromatic rings. The van der Waals surface area contributed by atoms with Crippen LogP contribution in [0.25, 0.3) is 0 Å². The molecule has 0 radical (unpaired) electrons. The van der Waals surface area contributed by atoms with E-state index in [-0.39, 0.29) is 24.6 Å². The number of carbonyl (C=O) groups is 2. The number of sulfonamides is 1. The van der Waals surface area contributed by atoms with E-state index in [1.54, 1.807) is 24.3 Å². The number of aliphatic hydroxyl groups is 1. The van der Waals surface area contributed by atoms with E-state index < -0.39 is 21.8 Å². The van der Waals surface area contributed by atoms with Crippen LogP contribution in [0, 0.1) is 0 Å². The zero-order chi connectivity index (χ0) is 17.3. The average Bonchev–Trinajstić information content (AvgIpc) is 3.02. The van der Waals surface area contributed by atoms with Crippen molar-refractivity contribution in [3.63, 3.8) is 0 Å². The Morgan fingerprint density at radius 3 is 2.46 bits per heavy atom. The third-order valence-corrected chi connectivity index (χ3v) is 5.74. The third-order valence-electron chi connectivity index (χ3n) is 3.87. The van der Waals surface area contributed by atoms with E-state index in [1.165, 1.54) is 10.4 Å². The van der Waals surface area contributed by atoms with Crippen LogP contribution in [0.1, 0.15) is 6.42 Å². The Morgan fingerprint density at radius 2 is 1.88 bits per heavy atom. The fourth-order valence-electron chi connectivity index (χ4n) is 2.71. The molecule has 0 unspecified atom stereocenters. The maximum absolute atomic E-state index is 12.0. The maximum atomic E-state index is 12.0. The molecule has 0 aromatic heterocycles. The van der Waals surface area contributed by atoms with Crippen molar-refractivity contribution in [2.75, 3.05) is 35.1 Å². The fraction of sp³-hybridized carbons (Fsp3) is 0.333. The second-order valence-electron chi connectivity index (χ2n) is 5.49. The SMILES string of the molecule is O=C1C=C(Nc2ccc(N3CCCS3(=O)=O)cc2)C(=O)N1CCO. The van der Waals surface area contributed by atoms with Crippen molar-refractivity contribution in [3.8, 4) is 0 Å². The van der Waals surface area contributed by atoms with Gasteiger partial charge in [-0.1, -0.05) is 0 Å². The average molecular weight is 351 g/mol. The zero-order valence-electron chi connectivity index (χ0n) is 12.8. The minimum absolute atomic E-state index is 0.0505. The van der Waals surface area contributed by atoms with Crippen LogP contribution in [0.15, 0.2) is 36.0 Å². The molecular weight excluding hydrogens is 334 g/mol. The number of amides is 2. The molecule has 3 rings (SSSR count). The van der Waals surface area contributed by atoms with E-state index in [0.29, 0.717) is 24.3 Å². The Bertz CT molecular complexity index is 801. The van der Waals surface area contributed by atoms with Gasteiger partial charge >= 0.3 is 0 Å². The summed E-state index contributed by atoms with van der Waals surface area (Å²) in [7, 11) is -3.23. The first-order valence-electron chi connectivity index (χ1n) is 7.48. The number of hydrogen-bond donors (Lipinski definition) is 2. The summed E-state index contributed by atoms with van der Waals surface area (Å²) in [6.45, 7) is 0.117. The summed E-state index contributed by atoms with van der Waals surface area (Å²) in [5, 5.41) is 11.7. The monoisotopic (exact) mass is 351 g/mol. The van der Waals surface area contributed by atoms with Gasteiger partial charge < -0.3 is 10.4 Å². The highest BCUT2D eigenvalue weighted by atomic mass is 32.2. The summed E-state index contributed by atoms with van der Waals surface area (Å²) in [4.78, 5) is 24.7. The van der Waals surface area contributed by atoms with E-state index in [9.17, 15) is 18.0 Å².